The number of amidine groups is 1. The van der Waals surface area contributed by atoms with Crippen LogP contribution in [-0.4, -0.2) is 330 Å². The van der Waals surface area contributed by atoms with E-state index in [1.807, 2.05) is 38.7 Å². The fraction of sp³-hybridized carbons (Fsp3) is 0.674. The molecule has 2 amide bonds. The summed E-state index contributed by atoms with van der Waals surface area (Å²) in [6.45, 7) is 21.8. The summed E-state index contributed by atoms with van der Waals surface area (Å²) >= 11 is 1.65. The highest BCUT2D eigenvalue weighted by Gasteiger charge is 2.28. The Balaban J connectivity index is 0.000000991. The van der Waals surface area contributed by atoms with Crippen molar-refractivity contribution in [2.75, 3.05) is 284 Å². The molecule has 0 fully saturated rings. The number of nitrogens with two attached hydrogens (primary N) is 1. The highest BCUT2D eigenvalue weighted by molar-refractivity contribution is 7.13. The first-order valence-electron chi connectivity index (χ1n) is 46.0. The summed E-state index contributed by atoms with van der Waals surface area (Å²) in [5, 5.41) is 2.98. The second-order valence-electron chi connectivity index (χ2n) is 31.2. The number of carbonyl (C=O) groups is 6. The smallest absolute Gasteiger partial charge is 0.313 e. The van der Waals surface area contributed by atoms with Crippen molar-refractivity contribution in [3.8, 4) is 17.2 Å². The Morgan fingerprint density at radius 3 is 0.908 bits per heavy atom. The van der Waals surface area contributed by atoms with Gasteiger partial charge in [0.1, 0.15) is 11.6 Å². The van der Waals surface area contributed by atoms with Gasteiger partial charge >= 0.3 is 17.9 Å². The predicted octanol–water partition coefficient (Wildman–Crippen LogP) is 13.4. The van der Waals surface area contributed by atoms with Crippen LogP contribution in [0.2, 0.25) is 0 Å². The molecule has 0 aliphatic carbocycles. The van der Waals surface area contributed by atoms with Gasteiger partial charge in [0, 0.05) is 74.0 Å². The highest BCUT2D eigenvalue weighted by Crippen LogP contribution is 2.37. The lowest BCUT2D eigenvalue weighted by Gasteiger charge is -2.24. The van der Waals surface area contributed by atoms with Gasteiger partial charge in [-0.1, -0.05) is 55.4 Å². The molecule has 0 bridgehead atoms. The van der Waals surface area contributed by atoms with E-state index in [1.54, 1.807) is 11.3 Å². The van der Waals surface area contributed by atoms with Gasteiger partial charge in [-0.2, -0.15) is 26.3 Å². The van der Waals surface area contributed by atoms with E-state index >= 15 is 0 Å². The molecule has 1 aromatic heterocycles. The minimum atomic E-state index is -1.81. The number of amides is 2. The summed E-state index contributed by atoms with van der Waals surface area (Å²) in [6.07, 6.45) is 8.62. The number of halogens is 12. The van der Waals surface area contributed by atoms with Gasteiger partial charge in [0.05, 0.1) is 294 Å². The standard InChI is InChI=1S/C57H88F4N4O15S.C36H46F8O14.2CH4/c1-5-16-65(17-10-15-63-51(67)42-57(2,3)4)56(69)43-38-49-48(64-50(62)39-43)40-45(81-49)12-9-7-6-8-11-44(66)13-18-70-20-22-72-24-26-74-28-30-76-32-34-78-36-37-79-35-33-77-31-29-75-27-25-73-23-21-71-19-14-52(68)80-55-53(60)46(58)41-47(59)54(55)61;37-25-23-26(38)32(42)35(31(25)41)57-29(45)1-3-47-5-7-49-9-11-51-13-15-53-17-19-55-21-22-56-20-18-54-16-14-52-12-10-50-8-6-48-4-2-30(46)58-36-33(43)27(39)24-28(40)34(36)44;;/h38,40-41H,5-37,39,42H2,1-4H3,(H2,62,64)(H,63,67);23-24H,1-22H2;2*1H4. The van der Waals surface area contributed by atoms with Gasteiger partial charge in [0.2, 0.25) is 64.0 Å². The van der Waals surface area contributed by atoms with Crippen molar-refractivity contribution in [2.45, 2.75) is 132 Å². The number of aryl methyl sites for hydroxylation is 1. The molecule has 1 aliphatic rings. The van der Waals surface area contributed by atoms with Crippen molar-refractivity contribution < 1.29 is 190 Å². The first-order valence-corrected chi connectivity index (χ1v) is 46.8. The van der Waals surface area contributed by atoms with Gasteiger partial charge in [0.15, 0.2) is 34.9 Å². The zero-order chi connectivity index (χ0) is 101. The van der Waals surface area contributed by atoms with E-state index in [0.717, 1.165) is 49.1 Å². The number of nitrogens with one attached hydrogen (secondary N) is 1. The number of benzene rings is 3. The average molecular weight is 2060 g/mol. The number of Topliss-reactive ketones (excluding diaryl/α,β-unsaturated/α-hetero) is 1. The normalized spacial score (nSPS) is 11.9. The van der Waals surface area contributed by atoms with Crippen LogP contribution in [0.4, 0.5) is 58.4 Å². The molecule has 0 saturated carbocycles. The van der Waals surface area contributed by atoms with Crippen LogP contribution in [0.5, 0.6) is 17.2 Å². The van der Waals surface area contributed by atoms with Crippen molar-refractivity contribution in [1.29, 1.82) is 0 Å². The molecule has 0 saturated heterocycles. The van der Waals surface area contributed by atoms with E-state index in [0.29, 0.717) is 248 Å². The van der Waals surface area contributed by atoms with Crippen LogP contribution in [0.15, 0.2) is 34.8 Å². The Morgan fingerprint density at radius 1 is 0.362 bits per heavy atom. The molecule has 141 heavy (non-hydrogen) atoms. The largest absolute Gasteiger partial charge is 0.420 e. The maximum atomic E-state index is 13.7. The molecule has 3 N–H and O–H groups in total. The van der Waals surface area contributed by atoms with E-state index in [2.05, 4.69) is 30.6 Å². The quantitative estimate of drug-likeness (QED) is 0.0136. The second kappa shape index (κ2) is 81.2. The molecule has 2 heterocycles. The number of thiophene rings is 1. The number of rotatable bonds is 84. The van der Waals surface area contributed by atoms with Crippen LogP contribution in [0, 0.1) is 75.2 Å². The lowest BCUT2D eigenvalue weighted by atomic mass is 9.92. The minimum Gasteiger partial charge on any atom is -0.420 e. The Labute approximate surface area is 820 Å². The third kappa shape index (κ3) is 61.8. The molecular formula is C95H142F12N4O29S. The SMILES string of the molecule is C.C.CCCN(CCCNC(=O)CC(C)(C)C)C(=O)C1=Cc2sc(CCCCCCC(=O)CCOCCOCCOCCOCCOCCOCCOCCOCCOCCOCCC(=O)Oc3c(F)c(F)cc(F)c3F)cc2N=C(N)C1.O=C(CCOCCOCCOCCOCCOCCOCCOCCOCCOCCOCCC(=O)Oc1c(F)c(F)cc(F)c1F)Oc1c(F)c(F)cc(F)c1F. The lowest BCUT2D eigenvalue weighted by Crippen LogP contribution is -2.36. The van der Waals surface area contributed by atoms with Crippen LogP contribution in [0.3, 0.4) is 0 Å². The van der Waals surface area contributed by atoms with E-state index in [1.165, 1.54) is 4.88 Å². The third-order valence-corrected chi connectivity index (χ3v) is 19.6. The van der Waals surface area contributed by atoms with Crippen molar-refractivity contribution in [1.82, 2.24) is 10.2 Å². The Bertz CT molecular complexity index is 3980. The molecule has 46 heteroatoms. The molecule has 4 aromatic rings. The predicted molar refractivity (Wildman–Crippen MR) is 493 cm³/mol. The first kappa shape index (κ1) is 129. The van der Waals surface area contributed by atoms with Crippen molar-refractivity contribution in [3.05, 3.63) is 109 Å². The first-order chi connectivity index (χ1) is 67.1. The van der Waals surface area contributed by atoms with E-state index in [-0.39, 0.29) is 135 Å². The van der Waals surface area contributed by atoms with Crippen LogP contribution in [0.1, 0.15) is 136 Å². The summed E-state index contributed by atoms with van der Waals surface area (Å²) in [5.41, 5.74) is 7.66. The van der Waals surface area contributed by atoms with Gasteiger partial charge in [-0.3, -0.25) is 28.8 Å². The van der Waals surface area contributed by atoms with Crippen molar-refractivity contribution >= 4 is 64.4 Å². The number of hydrogen-bond donors (Lipinski definition) is 2. The number of ketones is 1. The van der Waals surface area contributed by atoms with Crippen molar-refractivity contribution in [3.63, 3.8) is 0 Å². The van der Waals surface area contributed by atoms with Crippen LogP contribution >= 0.6 is 11.3 Å². The third-order valence-electron chi connectivity index (χ3n) is 18.5. The average Bonchev–Trinajstić information content (AvgIpc) is 1.57. The lowest BCUT2D eigenvalue weighted by molar-refractivity contribution is -0.137. The van der Waals surface area contributed by atoms with Gasteiger partial charge in [-0.15, -0.1) is 11.3 Å². The molecule has 806 valence electrons. The van der Waals surface area contributed by atoms with E-state index in [9.17, 15) is 81.5 Å². The van der Waals surface area contributed by atoms with Gasteiger partial charge in [-0.05, 0) is 49.7 Å². The summed E-state index contributed by atoms with van der Waals surface area (Å²) in [4.78, 5) is 82.0. The van der Waals surface area contributed by atoms with Crippen LogP contribution in [-0.2, 0) is 130 Å². The maximum Gasteiger partial charge on any atom is 0.313 e. The zero-order valence-electron chi connectivity index (χ0n) is 79.4. The number of hydrogen-bond acceptors (Lipinski definition) is 32. The molecule has 1 aliphatic heterocycles. The van der Waals surface area contributed by atoms with E-state index in [4.69, 9.17) is 100 Å². The number of esters is 3. The monoisotopic (exact) mass is 2060 g/mol. The maximum absolute atomic E-state index is 13.7. The summed E-state index contributed by atoms with van der Waals surface area (Å²) < 4.78 is 281. The van der Waals surface area contributed by atoms with Gasteiger partial charge in [0.25, 0.3) is 0 Å². The Morgan fingerprint density at radius 2 is 0.631 bits per heavy atom. The number of carbonyl (C=O) groups excluding carboxylic acids is 6. The van der Waals surface area contributed by atoms with Crippen molar-refractivity contribution in [2.24, 2.45) is 16.1 Å². The molecule has 0 spiro atoms. The summed E-state index contributed by atoms with van der Waals surface area (Å²) in [5.74, 6) is -28.1. The van der Waals surface area contributed by atoms with E-state index < -0.39 is 124 Å². The Kier molecular flexibility index (Phi) is 74.3. The van der Waals surface area contributed by atoms with Crippen LogP contribution in [0.25, 0.3) is 6.08 Å². The molecular weight excluding hydrogens is 1920 g/mol. The molecule has 33 nitrogen and oxygen atoms in total. The summed E-state index contributed by atoms with van der Waals surface area (Å²) in [7, 11) is 0. The number of unbranched alkanes of at least 4 members (excludes halogenated alkanes) is 3. The number of nitrogens with zero attached hydrogens (tertiary/aromatic N) is 2. The minimum absolute atomic E-state index is 0. The fourth-order valence-corrected chi connectivity index (χ4v) is 12.8. The topological polar surface area (TPSA) is 368 Å². The number of fused-ring (bicyclic) bond motifs is 1. The number of aliphatic imine (C=N–C) groups is 1. The zero-order valence-corrected chi connectivity index (χ0v) is 80.3. The molecule has 3 aromatic carbocycles. The molecule has 0 atom stereocenters. The molecule has 0 unspecified atom stereocenters. The Hall–Kier alpha value is -8.05. The van der Waals surface area contributed by atoms with Gasteiger partial charge in [-0.25, -0.2) is 31.3 Å². The number of ether oxygens (including phenoxy) is 23. The van der Waals surface area contributed by atoms with Crippen LogP contribution < -0.4 is 25.3 Å². The van der Waals surface area contributed by atoms with Gasteiger partial charge < -0.3 is 125 Å². The second-order valence-corrected chi connectivity index (χ2v) is 32.3. The molecule has 0 radical (unpaired) electrons. The summed E-state index contributed by atoms with van der Waals surface area (Å²) in [6, 6.07) is 2.10. The highest BCUT2D eigenvalue weighted by atomic mass is 32.1. The molecule has 5 rings (SSSR count). The fourth-order valence-electron chi connectivity index (χ4n) is 11.7.